The molecule has 0 aromatic rings. The van der Waals surface area contributed by atoms with E-state index in [0.717, 1.165) is 24.5 Å². The van der Waals surface area contributed by atoms with Crippen LogP contribution in [0.15, 0.2) is 0 Å². The summed E-state index contributed by atoms with van der Waals surface area (Å²) in [4.78, 5) is 0. The molecule has 14 heavy (non-hydrogen) atoms. The summed E-state index contributed by atoms with van der Waals surface area (Å²) < 4.78 is 5.45. The molecule has 0 saturated carbocycles. The molecule has 1 N–H and O–H groups in total. The standard InChI is InChI=1S/C11H21NOS/c1-3-10(5-7-13-6-1)12-9-11-4-2-8-14-11/h10-12H,1-9H2. The highest BCUT2D eigenvalue weighted by molar-refractivity contribution is 8.00. The third-order valence-electron chi connectivity index (χ3n) is 3.11. The van der Waals surface area contributed by atoms with Gasteiger partial charge in [0.25, 0.3) is 0 Å². The summed E-state index contributed by atoms with van der Waals surface area (Å²) in [5, 5.41) is 4.59. The Balaban J connectivity index is 1.62. The molecule has 2 nitrogen and oxygen atoms in total. The van der Waals surface area contributed by atoms with Crippen molar-refractivity contribution in [3.63, 3.8) is 0 Å². The maximum Gasteiger partial charge on any atom is 0.0480 e. The molecule has 0 spiro atoms. The first-order valence-electron chi connectivity index (χ1n) is 5.88. The smallest absolute Gasteiger partial charge is 0.0480 e. The van der Waals surface area contributed by atoms with Crippen LogP contribution in [0.3, 0.4) is 0 Å². The summed E-state index contributed by atoms with van der Waals surface area (Å²) in [5.41, 5.74) is 0. The maximum atomic E-state index is 5.45. The van der Waals surface area contributed by atoms with Gasteiger partial charge in [-0.15, -0.1) is 0 Å². The maximum absolute atomic E-state index is 5.45. The lowest BCUT2D eigenvalue weighted by Gasteiger charge is -2.18. The Labute approximate surface area is 91.2 Å². The number of hydrogen-bond acceptors (Lipinski definition) is 3. The molecule has 3 heteroatoms. The van der Waals surface area contributed by atoms with Gasteiger partial charge < -0.3 is 10.1 Å². The Morgan fingerprint density at radius 1 is 1.14 bits per heavy atom. The number of ether oxygens (including phenoxy) is 1. The first kappa shape index (κ1) is 10.8. The minimum atomic E-state index is 0.721. The number of hydrogen-bond donors (Lipinski definition) is 1. The Morgan fingerprint density at radius 3 is 3.00 bits per heavy atom. The molecule has 0 amide bonds. The van der Waals surface area contributed by atoms with Gasteiger partial charge in [0.05, 0.1) is 0 Å². The molecule has 2 fully saturated rings. The van der Waals surface area contributed by atoms with Gasteiger partial charge in [0, 0.05) is 31.1 Å². The van der Waals surface area contributed by atoms with Crippen molar-refractivity contribution in [3.05, 3.63) is 0 Å². The summed E-state index contributed by atoms with van der Waals surface area (Å²) in [7, 11) is 0. The van der Waals surface area contributed by atoms with Crippen molar-refractivity contribution < 1.29 is 4.74 Å². The van der Waals surface area contributed by atoms with Gasteiger partial charge in [-0.25, -0.2) is 0 Å². The van der Waals surface area contributed by atoms with E-state index in [1.807, 2.05) is 0 Å². The van der Waals surface area contributed by atoms with Crippen LogP contribution in [-0.4, -0.2) is 36.8 Å². The summed E-state index contributed by atoms with van der Waals surface area (Å²) in [5.74, 6) is 1.38. The van der Waals surface area contributed by atoms with Crippen LogP contribution in [0.4, 0.5) is 0 Å². The molecule has 2 heterocycles. The van der Waals surface area contributed by atoms with Crippen LogP contribution >= 0.6 is 11.8 Å². The predicted molar refractivity (Wildman–Crippen MR) is 61.9 cm³/mol. The number of thioether (sulfide) groups is 1. The molecule has 2 aliphatic heterocycles. The zero-order valence-electron chi connectivity index (χ0n) is 8.84. The molecular weight excluding hydrogens is 194 g/mol. The minimum absolute atomic E-state index is 0.721. The Morgan fingerprint density at radius 2 is 2.14 bits per heavy atom. The number of nitrogens with one attached hydrogen (secondary N) is 1. The highest BCUT2D eigenvalue weighted by atomic mass is 32.2. The molecule has 2 aliphatic rings. The van der Waals surface area contributed by atoms with E-state index in [-0.39, 0.29) is 0 Å². The van der Waals surface area contributed by atoms with E-state index in [0.29, 0.717) is 0 Å². The molecule has 2 atom stereocenters. The summed E-state index contributed by atoms with van der Waals surface area (Å²) in [6.07, 6.45) is 6.58. The monoisotopic (exact) mass is 215 g/mol. The van der Waals surface area contributed by atoms with Gasteiger partial charge in [0.1, 0.15) is 0 Å². The highest BCUT2D eigenvalue weighted by Gasteiger charge is 2.18. The second-order valence-corrected chi connectivity index (χ2v) is 5.69. The lowest BCUT2D eigenvalue weighted by atomic mass is 10.1. The fourth-order valence-corrected chi connectivity index (χ4v) is 3.43. The normalized spacial score (nSPS) is 34.3. The Hall–Kier alpha value is 0.270. The Bertz CT molecular complexity index is 151. The number of rotatable bonds is 3. The zero-order valence-corrected chi connectivity index (χ0v) is 9.65. The first-order valence-corrected chi connectivity index (χ1v) is 6.93. The van der Waals surface area contributed by atoms with Crippen molar-refractivity contribution in [2.75, 3.05) is 25.5 Å². The molecule has 0 bridgehead atoms. The van der Waals surface area contributed by atoms with Crippen molar-refractivity contribution >= 4 is 11.8 Å². The average molecular weight is 215 g/mol. The highest BCUT2D eigenvalue weighted by Crippen LogP contribution is 2.25. The van der Waals surface area contributed by atoms with Crippen LogP contribution in [0, 0.1) is 0 Å². The molecule has 0 radical (unpaired) electrons. The summed E-state index contributed by atoms with van der Waals surface area (Å²) in [6, 6.07) is 0.721. The van der Waals surface area contributed by atoms with Crippen LogP contribution in [0.5, 0.6) is 0 Å². The summed E-state index contributed by atoms with van der Waals surface area (Å²) in [6.45, 7) is 3.14. The fourth-order valence-electron chi connectivity index (χ4n) is 2.21. The van der Waals surface area contributed by atoms with Gasteiger partial charge in [-0.1, -0.05) is 0 Å². The van der Waals surface area contributed by atoms with Gasteiger partial charge in [0.2, 0.25) is 0 Å². The van der Waals surface area contributed by atoms with Crippen molar-refractivity contribution in [1.82, 2.24) is 5.32 Å². The lowest BCUT2D eigenvalue weighted by Crippen LogP contribution is -2.34. The Kier molecular flexibility index (Phi) is 4.61. The SMILES string of the molecule is C1COCCC(NCC2CCCS2)C1. The lowest BCUT2D eigenvalue weighted by molar-refractivity contribution is 0.142. The van der Waals surface area contributed by atoms with E-state index < -0.39 is 0 Å². The van der Waals surface area contributed by atoms with Gasteiger partial charge in [-0.05, 0) is 37.9 Å². The van der Waals surface area contributed by atoms with Crippen molar-refractivity contribution in [2.24, 2.45) is 0 Å². The minimum Gasteiger partial charge on any atom is -0.381 e. The quantitative estimate of drug-likeness (QED) is 0.778. The largest absolute Gasteiger partial charge is 0.381 e. The van der Waals surface area contributed by atoms with E-state index in [4.69, 9.17) is 4.74 Å². The third kappa shape index (κ3) is 3.44. The van der Waals surface area contributed by atoms with E-state index >= 15 is 0 Å². The van der Waals surface area contributed by atoms with Crippen LogP contribution in [-0.2, 0) is 4.74 Å². The van der Waals surface area contributed by atoms with Crippen LogP contribution in [0.2, 0.25) is 0 Å². The van der Waals surface area contributed by atoms with E-state index in [1.54, 1.807) is 0 Å². The second kappa shape index (κ2) is 5.99. The van der Waals surface area contributed by atoms with Crippen LogP contribution in [0.25, 0.3) is 0 Å². The third-order valence-corrected chi connectivity index (χ3v) is 4.51. The average Bonchev–Trinajstić information content (AvgIpc) is 2.58. The van der Waals surface area contributed by atoms with Crippen LogP contribution in [0.1, 0.15) is 32.1 Å². The van der Waals surface area contributed by atoms with Crippen molar-refractivity contribution in [2.45, 2.75) is 43.4 Å². The van der Waals surface area contributed by atoms with E-state index in [1.165, 1.54) is 44.4 Å². The molecule has 2 rings (SSSR count). The van der Waals surface area contributed by atoms with Gasteiger partial charge in [-0.2, -0.15) is 11.8 Å². The van der Waals surface area contributed by atoms with Crippen molar-refractivity contribution in [3.8, 4) is 0 Å². The second-order valence-electron chi connectivity index (χ2n) is 4.28. The van der Waals surface area contributed by atoms with Crippen molar-refractivity contribution in [1.29, 1.82) is 0 Å². The summed E-state index contributed by atoms with van der Waals surface area (Å²) >= 11 is 2.14. The van der Waals surface area contributed by atoms with Crippen LogP contribution < -0.4 is 5.32 Å². The van der Waals surface area contributed by atoms with E-state index in [2.05, 4.69) is 17.1 Å². The molecule has 82 valence electrons. The van der Waals surface area contributed by atoms with E-state index in [9.17, 15) is 0 Å². The topological polar surface area (TPSA) is 21.3 Å². The molecule has 0 aliphatic carbocycles. The van der Waals surface area contributed by atoms with Gasteiger partial charge >= 0.3 is 0 Å². The molecular formula is C11H21NOS. The molecule has 0 aromatic heterocycles. The van der Waals surface area contributed by atoms with Gasteiger partial charge in [0.15, 0.2) is 0 Å². The molecule has 0 aromatic carbocycles. The first-order chi connectivity index (χ1) is 6.95. The molecule has 2 saturated heterocycles. The fraction of sp³-hybridized carbons (Fsp3) is 1.00. The predicted octanol–water partition coefficient (Wildman–Crippen LogP) is 2.04. The molecule has 2 unspecified atom stereocenters. The zero-order chi connectivity index (χ0) is 9.64. The van der Waals surface area contributed by atoms with Gasteiger partial charge in [-0.3, -0.25) is 0 Å².